The molecule has 0 saturated heterocycles. The lowest BCUT2D eigenvalue weighted by molar-refractivity contribution is 0.340. The number of nitrogen functional groups attached to an aromatic ring is 1. The van der Waals surface area contributed by atoms with Crippen LogP contribution in [0.15, 0.2) is 18.2 Å². The van der Waals surface area contributed by atoms with Crippen LogP contribution in [-0.4, -0.2) is 34.1 Å². The van der Waals surface area contributed by atoms with Gasteiger partial charge in [-0.3, -0.25) is 0 Å². The highest BCUT2D eigenvalue weighted by molar-refractivity contribution is 7.90. The largest absolute Gasteiger partial charge is 0.495 e. The second-order valence-corrected chi connectivity index (χ2v) is 5.64. The van der Waals surface area contributed by atoms with Gasteiger partial charge >= 0.3 is 0 Å². The van der Waals surface area contributed by atoms with Gasteiger partial charge in [-0.15, -0.1) is 0 Å². The van der Waals surface area contributed by atoms with Gasteiger partial charge in [-0.1, -0.05) is 0 Å². The van der Waals surface area contributed by atoms with Crippen LogP contribution in [0.2, 0.25) is 0 Å². The van der Waals surface area contributed by atoms with Gasteiger partial charge in [0, 0.05) is 12.3 Å². The number of methoxy groups -OCH3 is 1. The average Bonchev–Trinajstić information content (AvgIpc) is 2.16. The van der Waals surface area contributed by atoms with Gasteiger partial charge in [-0.05, 0) is 12.1 Å². The fourth-order valence-electron chi connectivity index (χ4n) is 1.11. The van der Waals surface area contributed by atoms with Crippen molar-refractivity contribution in [2.75, 3.05) is 31.5 Å². The van der Waals surface area contributed by atoms with Gasteiger partial charge in [-0.2, -0.15) is 0 Å². The van der Waals surface area contributed by atoms with E-state index in [1.807, 2.05) is 0 Å². The lowest BCUT2D eigenvalue weighted by Crippen LogP contribution is -2.12. The van der Waals surface area contributed by atoms with Crippen LogP contribution < -0.4 is 15.2 Å². The predicted molar refractivity (Wildman–Crippen MR) is 62.6 cm³/mol. The van der Waals surface area contributed by atoms with Crippen LogP contribution in [0.3, 0.4) is 0 Å². The highest BCUT2D eigenvalue weighted by atomic mass is 32.2. The normalized spacial score (nSPS) is 11.1. The molecule has 0 saturated carbocycles. The number of sulfone groups is 1. The van der Waals surface area contributed by atoms with Crippen molar-refractivity contribution in [1.82, 2.24) is 0 Å². The molecule has 90 valence electrons. The van der Waals surface area contributed by atoms with E-state index in [2.05, 4.69) is 0 Å². The summed E-state index contributed by atoms with van der Waals surface area (Å²) in [6, 6.07) is 4.95. The van der Waals surface area contributed by atoms with E-state index in [-0.39, 0.29) is 12.4 Å². The Morgan fingerprint density at radius 1 is 1.38 bits per heavy atom. The van der Waals surface area contributed by atoms with Crippen LogP contribution >= 0.6 is 0 Å². The van der Waals surface area contributed by atoms with E-state index in [1.54, 1.807) is 18.2 Å². The third kappa shape index (κ3) is 3.98. The Morgan fingerprint density at radius 3 is 2.56 bits per heavy atom. The van der Waals surface area contributed by atoms with Crippen molar-refractivity contribution in [1.29, 1.82) is 0 Å². The minimum atomic E-state index is -3.00. The number of hydrogen-bond donors (Lipinski definition) is 1. The Balaban J connectivity index is 2.59. The zero-order valence-electron chi connectivity index (χ0n) is 9.26. The molecule has 0 aliphatic heterocycles. The fourth-order valence-corrected chi connectivity index (χ4v) is 1.50. The quantitative estimate of drug-likeness (QED) is 0.772. The Morgan fingerprint density at radius 2 is 2.06 bits per heavy atom. The van der Waals surface area contributed by atoms with E-state index in [4.69, 9.17) is 15.2 Å². The van der Waals surface area contributed by atoms with Gasteiger partial charge in [0.25, 0.3) is 0 Å². The average molecular weight is 245 g/mol. The summed E-state index contributed by atoms with van der Waals surface area (Å²) in [6.45, 7) is 0.116. The van der Waals surface area contributed by atoms with Crippen molar-refractivity contribution in [3.8, 4) is 11.5 Å². The van der Waals surface area contributed by atoms with Gasteiger partial charge < -0.3 is 15.2 Å². The zero-order chi connectivity index (χ0) is 12.2. The molecule has 0 heterocycles. The van der Waals surface area contributed by atoms with E-state index in [1.165, 1.54) is 13.4 Å². The number of anilines is 1. The minimum absolute atomic E-state index is 0.0149. The maximum atomic E-state index is 10.9. The fraction of sp³-hybridized carbons (Fsp3) is 0.400. The molecule has 1 aromatic rings. The summed E-state index contributed by atoms with van der Waals surface area (Å²) in [4.78, 5) is 0. The molecule has 16 heavy (non-hydrogen) atoms. The van der Waals surface area contributed by atoms with Crippen molar-refractivity contribution in [3.05, 3.63) is 18.2 Å². The maximum absolute atomic E-state index is 10.9. The molecule has 5 nitrogen and oxygen atoms in total. The van der Waals surface area contributed by atoms with Gasteiger partial charge in [0.1, 0.15) is 18.1 Å². The third-order valence-corrected chi connectivity index (χ3v) is 2.83. The van der Waals surface area contributed by atoms with Crippen molar-refractivity contribution in [2.45, 2.75) is 0 Å². The lowest BCUT2D eigenvalue weighted by Gasteiger charge is -2.08. The Labute approximate surface area is 95.1 Å². The molecule has 2 N–H and O–H groups in total. The van der Waals surface area contributed by atoms with Crippen molar-refractivity contribution in [2.24, 2.45) is 0 Å². The van der Waals surface area contributed by atoms with Crippen LogP contribution in [0.25, 0.3) is 0 Å². The van der Waals surface area contributed by atoms with E-state index in [9.17, 15) is 8.42 Å². The molecular formula is C10H15NO4S. The van der Waals surface area contributed by atoms with Crippen LogP contribution in [0, 0.1) is 0 Å². The molecule has 0 radical (unpaired) electrons. The standard InChI is InChI=1S/C10H15NO4S/c1-14-10-4-3-8(7-9(10)11)15-5-6-16(2,12)13/h3-4,7H,5-6,11H2,1-2H3. The monoisotopic (exact) mass is 245 g/mol. The number of rotatable bonds is 5. The highest BCUT2D eigenvalue weighted by Crippen LogP contribution is 2.25. The predicted octanol–water partition coefficient (Wildman–Crippen LogP) is 0.701. The number of benzene rings is 1. The lowest BCUT2D eigenvalue weighted by atomic mass is 10.3. The highest BCUT2D eigenvalue weighted by Gasteiger charge is 2.04. The number of ether oxygens (including phenoxy) is 2. The zero-order valence-corrected chi connectivity index (χ0v) is 10.1. The second kappa shape index (κ2) is 5.07. The first-order chi connectivity index (χ1) is 7.42. The van der Waals surface area contributed by atoms with Gasteiger partial charge in [0.05, 0.1) is 18.6 Å². The Hall–Kier alpha value is -1.43. The first-order valence-corrected chi connectivity index (χ1v) is 6.72. The van der Waals surface area contributed by atoms with Crippen LogP contribution in [0.1, 0.15) is 0 Å². The molecule has 0 aromatic heterocycles. The number of hydrogen-bond acceptors (Lipinski definition) is 5. The third-order valence-electron chi connectivity index (χ3n) is 1.92. The smallest absolute Gasteiger partial charge is 0.150 e. The van der Waals surface area contributed by atoms with Gasteiger partial charge in [-0.25, -0.2) is 8.42 Å². The second-order valence-electron chi connectivity index (χ2n) is 3.38. The summed E-state index contributed by atoms with van der Waals surface area (Å²) in [7, 11) is -1.47. The Kier molecular flexibility index (Phi) is 4.00. The molecule has 6 heteroatoms. The maximum Gasteiger partial charge on any atom is 0.150 e. The van der Waals surface area contributed by atoms with Crippen molar-refractivity contribution < 1.29 is 17.9 Å². The van der Waals surface area contributed by atoms with Crippen LogP contribution in [-0.2, 0) is 9.84 Å². The van der Waals surface area contributed by atoms with Crippen LogP contribution in [0.5, 0.6) is 11.5 Å². The molecule has 0 fully saturated rings. The first-order valence-electron chi connectivity index (χ1n) is 4.66. The molecule has 1 rings (SSSR count). The molecule has 0 spiro atoms. The SMILES string of the molecule is COc1ccc(OCCS(C)(=O)=O)cc1N. The van der Waals surface area contributed by atoms with E-state index in [0.717, 1.165) is 0 Å². The summed E-state index contributed by atoms with van der Waals surface area (Å²) in [5.74, 6) is 1.08. The summed E-state index contributed by atoms with van der Waals surface area (Å²) in [5, 5.41) is 0. The Bertz CT molecular complexity index is 456. The molecular weight excluding hydrogens is 230 g/mol. The molecule has 0 amide bonds. The van der Waals surface area contributed by atoms with Crippen molar-refractivity contribution >= 4 is 15.5 Å². The summed E-state index contributed by atoms with van der Waals surface area (Å²) in [5.41, 5.74) is 6.12. The minimum Gasteiger partial charge on any atom is -0.495 e. The summed E-state index contributed by atoms with van der Waals surface area (Å²) >= 11 is 0. The van der Waals surface area contributed by atoms with Gasteiger partial charge in [0.2, 0.25) is 0 Å². The topological polar surface area (TPSA) is 78.6 Å². The van der Waals surface area contributed by atoms with E-state index >= 15 is 0 Å². The molecule has 0 unspecified atom stereocenters. The molecule has 0 aliphatic rings. The molecule has 1 aromatic carbocycles. The first kappa shape index (κ1) is 12.6. The summed E-state index contributed by atoms with van der Waals surface area (Å²) < 4.78 is 32.0. The summed E-state index contributed by atoms with van der Waals surface area (Å²) in [6.07, 6.45) is 1.17. The molecule has 0 bridgehead atoms. The molecule has 0 aliphatic carbocycles. The van der Waals surface area contributed by atoms with Crippen LogP contribution in [0.4, 0.5) is 5.69 Å². The van der Waals surface area contributed by atoms with E-state index < -0.39 is 9.84 Å². The number of nitrogens with two attached hydrogens (primary N) is 1. The molecule has 0 atom stereocenters. The van der Waals surface area contributed by atoms with Crippen molar-refractivity contribution in [3.63, 3.8) is 0 Å². The van der Waals surface area contributed by atoms with Gasteiger partial charge in [0.15, 0.2) is 9.84 Å². The van der Waals surface area contributed by atoms with E-state index in [0.29, 0.717) is 17.2 Å².